The summed E-state index contributed by atoms with van der Waals surface area (Å²) in [5, 5.41) is 12.8. The number of hydrogen-bond donors (Lipinski definition) is 2. The topological polar surface area (TPSA) is 55.8 Å². The average Bonchev–Trinajstić information content (AvgIpc) is 2.56. The quantitative estimate of drug-likeness (QED) is 0.871. The smallest absolute Gasteiger partial charge is 0.242 e. The predicted octanol–water partition coefficient (Wildman–Crippen LogP) is 1.57. The summed E-state index contributed by atoms with van der Waals surface area (Å²) in [4.78, 5) is 17.0. The van der Waals surface area contributed by atoms with Gasteiger partial charge in [0.15, 0.2) is 0 Å². The van der Waals surface area contributed by atoms with Gasteiger partial charge < -0.3 is 20.2 Å². The first-order chi connectivity index (χ1) is 10.6. The van der Waals surface area contributed by atoms with E-state index in [9.17, 15) is 9.90 Å². The van der Waals surface area contributed by atoms with Crippen LogP contribution < -0.4 is 10.2 Å². The number of piperidine rings is 1. The monoisotopic (exact) mass is 303 g/mol. The minimum absolute atomic E-state index is 0.248. The maximum absolute atomic E-state index is 12.8. The number of rotatable bonds is 2. The molecular weight excluding hydrogens is 278 g/mol. The number of benzene rings is 1. The van der Waals surface area contributed by atoms with E-state index in [1.807, 2.05) is 24.0 Å². The summed E-state index contributed by atoms with van der Waals surface area (Å²) >= 11 is 0. The Morgan fingerprint density at radius 3 is 2.41 bits per heavy atom. The van der Waals surface area contributed by atoms with Crippen molar-refractivity contribution in [1.29, 1.82) is 0 Å². The maximum atomic E-state index is 12.8. The van der Waals surface area contributed by atoms with Gasteiger partial charge in [0.2, 0.25) is 5.91 Å². The summed E-state index contributed by atoms with van der Waals surface area (Å²) in [6.45, 7) is 6.18. The molecule has 2 fully saturated rings. The summed E-state index contributed by atoms with van der Waals surface area (Å²) in [5.74, 6) is 0.534. The van der Waals surface area contributed by atoms with Gasteiger partial charge >= 0.3 is 0 Å². The van der Waals surface area contributed by atoms with E-state index in [1.54, 1.807) is 12.1 Å². The Balaban J connectivity index is 1.59. The number of phenolic OH excluding ortho intramolecular Hbond substituents is 1. The zero-order valence-corrected chi connectivity index (χ0v) is 13.2. The molecule has 2 saturated heterocycles. The van der Waals surface area contributed by atoms with Crippen LogP contribution in [0, 0.1) is 0 Å². The maximum Gasteiger partial charge on any atom is 0.242 e. The molecule has 5 nitrogen and oxygen atoms in total. The first-order valence-corrected chi connectivity index (χ1v) is 8.17. The predicted molar refractivity (Wildman–Crippen MR) is 87.2 cm³/mol. The Kier molecular flexibility index (Phi) is 4.25. The number of nitrogens with one attached hydrogen (secondary N) is 1. The highest BCUT2D eigenvalue weighted by Crippen LogP contribution is 2.24. The van der Waals surface area contributed by atoms with Gasteiger partial charge in [0.25, 0.3) is 0 Å². The first kappa shape index (κ1) is 15.2. The Morgan fingerprint density at radius 2 is 1.82 bits per heavy atom. The van der Waals surface area contributed by atoms with Gasteiger partial charge in [-0.3, -0.25) is 4.79 Å². The van der Waals surface area contributed by atoms with E-state index in [1.165, 1.54) is 0 Å². The van der Waals surface area contributed by atoms with E-state index >= 15 is 0 Å². The van der Waals surface area contributed by atoms with Gasteiger partial charge in [0, 0.05) is 31.9 Å². The third kappa shape index (κ3) is 3.04. The van der Waals surface area contributed by atoms with Crippen LogP contribution in [0.15, 0.2) is 24.3 Å². The van der Waals surface area contributed by atoms with Crippen LogP contribution in [0.1, 0.15) is 26.2 Å². The van der Waals surface area contributed by atoms with Gasteiger partial charge in [-0.25, -0.2) is 0 Å². The van der Waals surface area contributed by atoms with Crippen LogP contribution in [0.4, 0.5) is 5.69 Å². The molecule has 2 N–H and O–H groups in total. The molecule has 2 aliphatic rings. The lowest BCUT2D eigenvalue weighted by Gasteiger charge is -2.42. The van der Waals surface area contributed by atoms with Gasteiger partial charge in [-0.05, 0) is 57.0 Å². The molecule has 0 bridgehead atoms. The molecular formula is C17H25N3O2. The van der Waals surface area contributed by atoms with Crippen LogP contribution in [0.25, 0.3) is 0 Å². The highest BCUT2D eigenvalue weighted by Gasteiger charge is 2.38. The Morgan fingerprint density at radius 1 is 1.14 bits per heavy atom. The second-order valence-corrected chi connectivity index (χ2v) is 6.51. The molecule has 5 heteroatoms. The molecule has 2 aliphatic heterocycles. The number of piperazine rings is 1. The van der Waals surface area contributed by atoms with Crippen molar-refractivity contribution in [3.05, 3.63) is 24.3 Å². The van der Waals surface area contributed by atoms with Crippen molar-refractivity contribution in [3.63, 3.8) is 0 Å². The third-order valence-electron chi connectivity index (χ3n) is 4.87. The summed E-state index contributed by atoms with van der Waals surface area (Å²) in [6, 6.07) is 7.27. The third-order valence-corrected chi connectivity index (χ3v) is 4.87. The fraction of sp³-hybridized carbons (Fsp3) is 0.588. The lowest BCUT2D eigenvalue weighted by Crippen LogP contribution is -2.61. The number of carbonyl (C=O) groups is 1. The molecule has 1 aromatic carbocycles. The number of aromatic hydroxyl groups is 1. The van der Waals surface area contributed by atoms with Crippen molar-refractivity contribution in [2.75, 3.05) is 37.6 Å². The first-order valence-electron chi connectivity index (χ1n) is 8.17. The lowest BCUT2D eigenvalue weighted by molar-refractivity contribution is -0.139. The largest absolute Gasteiger partial charge is 0.508 e. The molecule has 3 rings (SSSR count). The van der Waals surface area contributed by atoms with Crippen LogP contribution in [-0.4, -0.2) is 54.2 Å². The molecule has 1 unspecified atom stereocenters. The number of amides is 1. The molecule has 1 aromatic rings. The molecule has 0 spiro atoms. The summed E-state index contributed by atoms with van der Waals surface area (Å²) in [6.07, 6.45) is 3.23. The number of hydrogen-bond acceptors (Lipinski definition) is 4. The molecule has 1 amide bonds. The van der Waals surface area contributed by atoms with Crippen LogP contribution in [0.2, 0.25) is 0 Å². The van der Waals surface area contributed by atoms with Gasteiger partial charge in [0.1, 0.15) is 5.75 Å². The Hall–Kier alpha value is -1.75. The zero-order valence-electron chi connectivity index (χ0n) is 13.2. The second kappa shape index (κ2) is 6.16. The SMILES string of the molecule is CC1(C(=O)N2CCN(c3ccc(O)cc3)CC2)CCCCN1. The fourth-order valence-corrected chi connectivity index (χ4v) is 3.42. The van der Waals surface area contributed by atoms with Gasteiger partial charge in [0.05, 0.1) is 5.54 Å². The number of carbonyl (C=O) groups excluding carboxylic acids is 1. The molecule has 0 saturated carbocycles. The van der Waals surface area contributed by atoms with Gasteiger partial charge in [-0.2, -0.15) is 0 Å². The highest BCUT2D eigenvalue weighted by atomic mass is 16.3. The molecule has 120 valence electrons. The Bertz CT molecular complexity index is 515. The number of anilines is 1. The molecule has 2 heterocycles. The summed E-state index contributed by atoms with van der Waals surface area (Å²) in [5.41, 5.74) is 0.728. The molecule has 1 atom stereocenters. The van der Waals surface area contributed by atoms with Crippen LogP contribution >= 0.6 is 0 Å². The van der Waals surface area contributed by atoms with E-state index in [-0.39, 0.29) is 17.2 Å². The van der Waals surface area contributed by atoms with Gasteiger partial charge in [-0.15, -0.1) is 0 Å². The summed E-state index contributed by atoms with van der Waals surface area (Å²) in [7, 11) is 0. The van der Waals surface area contributed by atoms with Crippen molar-refractivity contribution < 1.29 is 9.90 Å². The molecule has 22 heavy (non-hydrogen) atoms. The fourth-order valence-electron chi connectivity index (χ4n) is 3.42. The molecule has 0 radical (unpaired) electrons. The van der Waals surface area contributed by atoms with E-state index in [0.717, 1.165) is 57.7 Å². The Labute approximate surface area is 131 Å². The van der Waals surface area contributed by atoms with E-state index in [0.29, 0.717) is 0 Å². The van der Waals surface area contributed by atoms with E-state index in [4.69, 9.17) is 0 Å². The number of nitrogens with zero attached hydrogens (tertiary/aromatic N) is 2. The van der Waals surface area contributed by atoms with Crippen molar-refractivity contribution in [1.82, 2.24) is 10.2 Å². The normalized spacial score (nSPS) is 26.0. The lowest BCUT2D eigenvalue weighted by atomic mass is 9.89. The van der Waals surface area contributed by atoms with Crippen LogP contribution in [0.5, 0.6) is 5.75 Å². The van der Waals surface area contributed by atoms with Crippen LogP contribution in [0.3, 0.4) is 0 Å². The van der Waals surface area contributed by atoms with Crippen molar-refractivity contribution in [2.24, 2.45) is 0 Å². The molecule has 0 aliphatic carbocycles. The minimum atomic E-state index is -0.376. The highest BCUT2D eigenvalue weighted by molar-refractivity contribution is 5.86. The zero-order chi connectivity index (χ0) is 15.6. The second-order valence-electron chi connectivity index (χ2n) is 6.51. The average molecular weight is 303 g/mol. The van der Waals surface area contributed by atoms with E-state index < -0.39 is 0 Å². The molecule has 0 aromatic heterocycles. The summed E-state index contributed by atoms with van der Waals surface area (Å²) < 4.78 is 0. The van der Waals surface area contributed by atoms with Gasteiger partial charge in [-0.1, -0.05) is 0 Å². The number of phenols is 1. The minimum Gasteiger partial charge on any atom is -0.508 e. The van der Waals surface area contributed by atoms with Crippen molar-refractivity contribution >= 4 is 11.6 Å². The standard InChI is InChI=1S/C17H25N3O2/c1-17(8-2-3-9-18-17)16(22)20-12-10-19(11-13-20)14-4-6-15(21)7-5-14/h4-7,18,21H,2-3,8-13H2,1H3. The van der Waals surface area contributed by atoms with Crippen molar-refractivity contribution in [2.45, 2.75) is 31.7 Å². The van der Waals surface area contributed by atoms with Crippen LogP contribution in [-0.2, 0) is 4.79 Å². The van der Waals surface area contributed by atoms with E-state index in [2.05, 4.69) is 10.2 Å². The van der Waals surface area contributed by atoms with Crippen molar-refractivity contribution in [3.8, 4) is 5.75 Å².